The molecule has 38 heavy (non-hydrogen) atoms. The van der Waals surface area contributed by atoms with Gasteiger partial charge in [0.25, 0.3) is 0 Å². The van der Waals surface area contributed by atoms with E-state index in [1.165, 1.54) is 32.1 Å². The van der Waals surface area contributed by atoms with Crippen molar-refractivity contribution in [2.45, 2.75) is 129 Å². The summed E-state index contributed by atoms with van der Waals surface area (Å²) >= 11 is 0. The van der Waals surface area contributed by atoms with E-state index in [1.807, 2.05) is 6.08 Å². The van der Waals surface area contributed by atoms with Crippen LogP contribution in [0.2, 0.25) is 0 Å². The van der Waals surface area contributed by atoms with Gasteiger partial charge < -0.3 is 15.5 Å². The van der Waals surface area contributed by atoms with Gasteiger partial charge in [-0.3, -0.25) is 4.79 Å². The summed E-state index contributed by atoms with van der Waals surface area (Å²) < 4.78 is 0. The summed E-state index contributed by atoms with van der Waals surface area (Å²) in [4.78, 5) is 12.2. The van der Waals surface area contributed by atoms with E-state index < -0.39 is 12.1 Å². The summed E-state index contributed by atoms with van der Waals surface area (Å²) in [6, 6.07) is -0.576. The molecule has 4 nitrogen and oxygen atoms in total. The van der Waals surface area contributed by atoms with Crippen LogP contribution in [0.5, 0.6) is 0 Å². The van der Waals surface area contributed by atoms with Crippen LogP contribution in [-0.4, -0.2) is 34.9 Å². The highest BCUT2D eigenvalue weighted by Gasteiger charge is 2.19. The van der Waals surface area contributed by atoms with Crippen LogP contribution in [-0.2, 0) is 4.79 Å². The lowest BCUT2D eigenvalue weighted by Gasteiger charge is -2.22. The number of aliphatic hydroxyl groups is 2. The molecule has 0 saturated heterocycles. The molecule has 0 aliphatic rings. The Morgan fingerprint density at radius 3 is 1.58 bits per heavy atom. The fraction of sp³-hybridized carbons (Fsp3) is 0.618. The lowest BCUT2D eigenvalue weighted by molar-refractivity contribution is -0.123. The first kappa shape index (κ1) is 35.8. The van der Waals surface area contributed by atoms with Crippen LogP contribution in [0.3, 0.4) is 0 Å². The van der Waals surface area contributed by atoms with Gasteiger partial charge in [0.1, 0.15) is 0 Å². The van der Waals surface area contributed by atoms with Gasteiger partial charge in [-0.1, -0.05) is 132 Å². The van der Waals surface area contributed by atoms with Crippen molar-refractivity contribution in [1.29, 1.82) is 0 Å². The molecular formula is C34H57NO3. The van der Waals surface area contributed by atoms with E-state index in [9.17, 15) is 15.0 Å². The van der Waals surface area contributed by atoms with Gasteiger partial charge in [-0.2, -0.15) is 0 Å². The van der Waals surface area contributed by atoms with Crippen LogP contribution in [0.25, 0.3) is 0 Å². The molecule has 0 radical (unpaired) electrons. The Morgan fingerprint density at radius 2 is 1.11 bits per heavy atom. The third-order valence-corrected chi connectivity index (χ3v) is 6.25. The van der Waals surface area contributed by atoms with Crippen LogP contribution in [0, 0.1) is 0 Å². The van der Waals surface area contributed by atoms with Crippen LogP contribution in [0.1, 0.15) is 117 Å². The maximum Gasteiger partial charge on any atom is 0.220 e. The molecular weight excluding hydrogens is 470 g/mol. The Hall–Kier alpha value is -2.17. The molecule has 0 aromatic heterocycles. The molecule has 0 saturated carbocycles. The molecule has 0 heterocycles. The van der Waals surface area contributed by atoms with Gasteiger partial charge in [0.2, 0.25) is 5.91 Å². The average Bonchev–Trinajstić information content (AvgIpc) is 2.92. The average molecular weight is 528 g/mol. The maximum atomic E-state index is 12.2. The summed E-state index contributed by atoms with van der Waals surface area (Å²) in [5.41, 5.74) is 0. The van der Waals surface area contributed by atoms with Crippen LogP contribution in [0.15, 0.2) is 72.9 Å². The summed E-state index contributed by atoms with van der Waals surface area (Å²) in [6.07, 6.45) is 41.0. The number of hydrogen-bond acceptors (Lipinski definition) is 3. The molecule has 0 aliphatic carbocycles. The Morgan fingerprint density at radius 1 is 0.658 bits per heavy atom. The Kier molecular flexibility index (Phi) is 27.7. The summed E-state index contributed by atoms with van der Waals surface area (Å²) in [5, 5.41) is 22.7. The second-order valence-corrected chi connectivity index (χ2v) is 9.79. The maximum absolute atomic E-state index is 12.2. The van der Waals surface area contributed by atoms with Crippen LogP contribution < -0.4 is 5.32 Å². The molecule has 2 unspecified atom stereocenters. The van der Waals surface area contributed by atoms with E-state index in [4.69, 9.17) is 0 Å². The second kappa shape index (κ2) is 29.4. The molecule has 0 aromatic carbocycles. The molecule has 0 rings (SSSR count). The second-order valence-electron chi connectivity index (χ2n) is 9.79. The minimum Gasteiger partial charge on any atom is -0.394 e. The Labute approximate surface area is 234 Å². The highest BCUT2D eigenvalue weighted by atomic mass is 16.3. The van der Waals surface area contributed by atoms with Crippen molar-refractivity contribution in [3.8, 4) is 0 Å². The van der Waals surface area contributed by atoms with Gasteiger partial charge in [-0.25, -0.2) is 0 Å². The number of hydrogen-bond donors (Lipinski definition) is 3. The van der Waals surface area contributed by atoms with Gasteiger partial charge in [-0.05, 0) is 51.4 Å². The minimum atomic E-state index is -0.689. The van der Waals surface area contributed by atoms with E-state index in [0.29, 0.717) is 19.3 Å². The molecule has 0 spiro atoms. The zero-order valence-corrected chi connectivity index (χ0v) is 24.4. The molecule has 2 atom stereocenters. The van der Waals surface area contributed by atoms with Crippen molar-refractivity contribution in [3.63, 3.8) is 0 Å². The fourth-order valence-electron chi connectivity index (χ4n) is 3.91. The predicted octanol–water partition coefficient (Wildman–Crippen LogP) is 8.44. The minimum absolute atomic E-state index is 0.123. The fourth-order valence-corrected chi connectivity index (χ4v) is 3.91. The lowest BCUT2D eigenvalue weighted by Crippen LogP contribution is -2.45. The van der Waals surface area contributed by atoms with E-state index in [-0.39, 0.29) is 12.5 Å². The number of carbonyl (C=O) groups excluding carboxylic acids is 1. The predicted molar refractivity (Wildman–Crippen MR) is 165 cm³/mol. The molecule has 0 fully saturated rings. The first-order valence-electron chi connectivity index (χ1n) is 15.1. The zero-order valence-electron chi connectivity index (χ0n) is 24.4. The first-order chi connectivity index (χ1) is 18.7. The number of allylic oxidation sites excluding steroid dienone is 12. The van der Waals surface area contributed by atoms with E-state index in [1.54, 1.807) is 0 Å². The third kappa shape index (κ3) is 25.5. The van der Waals surface area contributed by atoms with E-state index in [0.717, 1.165) is 51.4 Å². The standard InChI is InChI=1S/C34H57NO3/c1-3-5-7-9-11-12-13-14-15-16-17-18-19-20-21-22-24-26-28-30-34(38)35-32(31-36)33(37)29-27-25-23-10-8-6-4-2/h5,7,11-12,14-15,17-18,20-21,24,26,32-33,36-37H,3-4,6,8-10,13,16,19,22-23,25,27-31H2,1-2H3,(H,35,38)/b7-5-,12-11-,15-14-,18-17-,21-20-,26-24-. The van der Waals surface area contributed by atoms with Gasteiger partial charge >= 0.3 is 0 Å². The van der Waals surface area contributed by atoms with Gasteiger partial charge in [0, 0.05) is 6.42 Å². The summed E-state index contributed by atoms with van der Waals surface area (Å²) in [5.74, 6) is -0.123. The summed E-state index contributed by atoms with van der Waals surface area (Å²) in [6.45, 7) is 4.13. The van der Waals surface area contributed by atoms with Crippen molar-refractivity contribution in [3.05, 3.63) is 72.9 Å². The van der Waals surface area contributed by atoms with Gasteiger partial charge in [0.15, 0.2) is 0 Å². The Bertz CT molecular complexity index is 703. The normalized spacial score (nSPS) is 14.3. The molecule has 0 aliphatic heterocycles. The Balaban J connectivity index is 3.83. The number of unbranched alkanes of at least 4 members (excludes halogenated alkanes) is 6. The van der Waals surface area contributed by atoms with Crippen molar-refractivity contribution in [2.24, 2.45) is 0 Å². The third-order valence-electron chi connectivity index (χ3n) is 6.25. The molecule has 4 heteroatoms. The van der Waals surface area contributed by atoms with Crippen molar-refractivity contribution < 1.29 is 15.0 Å². The van der Waals surface area contributed by atoms with Crippen molar-refractivity contribution >= 4 is 5.91 Å². The van der Waals surface area contributed by atoms with Crippen molar-refractivity contribution in [1.82, 2.24) is 5.32 Å². The lowest BCUT2D eigenvalue weighted by atomic mass is 10.0. The number of aliphatic hydroxyl groups excluding tert-OH is 2. The molecule has 0 bridgehead atoms. The smallest absolute Gasteiger partial charge is 0.220 e. The molecule has 0 aromatic rings. The van der Waals surface area contributed by atoms with Crippen LogP contribution >= 0.6 is 0 Å². The van der Waals surface area contributed by atoms with E-state index in [2.05, 4.69) is 86.0 Å². The quantitative estimate of drug-likeness (QED) is 0.0824. The summed E-state index contributed by atoms with van der Waals surface area (Å²) in [7, 11) is 0. The highest BCUT2D eigenvalue weighted by Crippen LogP contribution is 2.11. The molecule has 3 N–H and O–H groups in total. The number of nitrogens with one attached hydrogen (secondary N) is 1. The van der Waals surface area contributed by atoms with Gasteiger partial charge in [-0.15, -0.1) is 0 Å². The van der Waals surface area contributed by atoms with Crippen LogP contribution in [0.4, 0.5) is 0 Å². The monoisotopic (exact) mass is 527 g/mol. The van der Waals surface area contributed by atoms with E-state index >= 15 is 0 Å². The molecule has 1 amide bonds. The highest BCUT2D eigenvalue weighted by molar-refractivity contribution is 5.76. The zero-order chi connectivity index (χ0) is 27.9. The largest absolute Gasteiger partial charge is 0.394 e. The number of rotatable bonds is 25. The SMILES string of the molecule is CC/C=C\C/C=C\C/C=C\C/C=C\C/C=C\C/C=C\CCC(=O)NC(CO)C(O)CCCCCCCCC. The number of amides is 1. The molecule has 216 valence electrons. The number of carbonyl (C=O) groups is 1. The van der Waals surface area contributed by atoms with Gasteiger partial charge in [0.05, 0.1) is 18.8 Å². The topological polar surface area (TPSA) is 69.6 Å². The first-order valence-corrected chi connectivity index (χ1v) is 15.1. The van der Waals surface area contributed by atoms with Crippen molar-refractivity contribution in [2.75, 3.05) is 6.61 Å².